The van der Waals surface area contributed by atoms with Crippen molar-refractivity contribution in [2.24, 2.45) is 0 Å². The number of hydrogen-bond donors (Lipinski definition) is 2. The Hall–Kier alpha value is -1.13. The van der Waals surface area contributed by atoms with Gasteiger partial charge >= 0.3 is 0 Å². The Morgan fingerprint density at radius 2 is 2.24 bits per heavy atom. The number of carbonyl (C=O) groups is 1. The number of carbonyl (C=O) groups excluding carboxylic acids is 1. The first-order chi connectivity index (χ1) is 7.86. The fraction of sp³-hybridized carbons (Fsp3) is 0.500. The van der Waals surface area contributed by atoms with Crippen LogP contribution >= 0.6 is 12.4 Å². The van der Waals surface area contributed by atoms with E-state index in [2.05, 4.69) is 15.6 Å². The zero-order valence-corrected chi connectivity index (χ0v) is 10.5. The molecule has 0 spiro atoms. The number of aromatic nitrogens is 1. The van der Waals surface area contributed by atoms with E-state index in [0.717, 1.165) is 25.8 Å². The van der Waals surface area contributed by atoms with E-state index >= 15 is 0 Å². The number of rotatable bonds is 4. The Labute approximate surface area is 108 Å². The van der Waals surface area contributed by atoms with Crippen molar-refractivity contribution in [3.8, 4) is 0 Å². The second-order valence-corrected chi connectivity index (χ2v) is 4.05. The van der Waals surface area contributed by atoms with Gasteiger partial charge in [-0.25, -0.2) is 0 Å². The van der Waals surface area contributed by atoms with Gasteiger partial charge in [0.1, 0.15) is 0 Å². The standard InChI is InChI=1S/C12H17N3O.ClH/c16-12(11-2-1-6-14-11)15-9-5-10-3-7-13-8-4-10;/h3-4,7-8,11,14H,1-2,5-6,9H2,(H,15,16);1H. The smallest absolute Gasteiger partial charge is 0.237 e. The van der Waals surface area contributed by atoms with E-state index in [9.17, 15) is 4.79 Å². The van der Waals surface area contributed by atoms with Crippen LogP contribution in [-0.4, -0.2) is 30.0 Å². The monoisotopic (exact) mass is 255 g/mol. The molecular weight excluding hydrogens is 238 g/mol. The largest absolute Gasteiger partial charge is 0.354 e. The molecule has 4 nitrogen and oxygen atoms in total. The van der Waals surface area contributed by atoms with Gasteiger partial charge in [-0.1, -0.05) is 0 Å². The first-order valence-electron chi connectivity index (χ1n) is 5.76. The number of nitrogens with zero attached hydrogens (tertiary/aromatic N) is 1. The van der Waals surface area contributed by atoms with Gasteiger partial charge in [0.15, 0.2) is 0 Å². The number of halogens is 1. The van der Waals surface area contributed by atoms with Gasteiger partial charge in [-0.05, 0) is 43.5 Å². The Morgan fingerprint density at radius 1 is 1.47 bits per heavy atom. The molecule has 0 aliphatic carbocycles. The SMILES string of the molecule is Cl.O=C(NCCc1ccncc1)C1CCCN1. The molecule has 1 unspecified atom stereocenters. The Bertz CT molecular complexity index is 339. The normalized spacial score (nSPS) is 18.5. The first kappa shape index (κ1) is 13.9. The van der Waals surface area contributed by atoms with E-state index in [1.807, 2.05) is 12.1 Å². The third kappa shape index (κ3) is 4.32. The average Bonchev–Trinajstić information content (AvgIpc) is 2.84. The topological polar surface area (TPSA) is 54.0 Å². The van der Waals surface area contributed by atoms with Crippen molar-refractivity contribution in [2.45, 2.75) is 25.3 Å². The third-order valence-electron chi connectivity index (χ3n) is 2.84. The molecule has 1 saturated heterocycles. The van der Waals surface area contributed by atoms with Crippen LogP contribution in [0.15, 0.2) is 24.5 Å². The summed E-state index contributed by atoms with van der Waals surface area (Å²) in [5.74, 6) is 0.131. The molecule has 1 aromatic heterocycles. The Balaban J connectivity index is 0.00000144. The zero-order valence-electron chi connectivity index (χ0n) is 9.69. The molecule has 2 heterocycles. The van der Waals surface area contributed by atoms with Gasteiger partial charge in [0.05, 0.1) is 6.04 Å². The van der Waals surface area contributed by atoms with Crippen molar-refractivity contribution in [3.63, 3.8) is 0 Å². The molecule has 2 N–H and O–H groups in total. The summed E-state index contributed by atoms with van der Waals surface area (Å²) >= 11 is 0. The molecule has 1 fully saturated rings. The van der Waals surface area contributed by atoms with Crippen LogP contribution in [0.3, 0.4) is 0 Å². The van der Waals surface area contributed by atoms with Crippen LogP contribution in [0.5, 0.6) is 0 Å². The molecule has 5 heteroatoms. The summed E-state index contributed by atoms with van der Waals surface area (Å²) in [5, 5.41) is 6.13. The fourth-order valence-corrected chi connectivity index (χ4v) is 1.91. The van der Waals surface area contributed by atoms with Gasteiger partial charge in [-0.15, -0.1) is 12.4 Å². The molecule has 0 saturated carbocycles. The molecule has 94 valence electrons. The van der Waals surface area contributed by atoms with Crippen molar-refractivity contribution in [1.82, 2.24) is 15.6 Å². The maximum absolute atomic E-state index is 11.6. The van der Waals surface area contributed by atoms with Gasteiger partial charge in [0.25, 0.3) is 0 Å². The molecule has 0 bridgehead atoms. The summed E-state index contributed by atoms with van der Waals surface area (Å²) in [6.45, 7) is 1.66. The third-order valence-corrected chi connectivity index (χ3v) is 2.84. The highest BCUT2D eigenvalue weighted by Crippen LogP contribution is 2.04. The minimum Gasteiger partial charge on any atom is -0.354 e. The molecule has 1 aliphatic heterocycles. The summed E-state index contributed by atoms with van der Waals surface area (Å²) in [7, 11) is 0. The molecule has 0 radical (unpaired) electrons. The van der Waals surface area contributed by atoms with Crippen LogP contribution in [0.4, 0.5) is 0 Å². The number of nitrogens with one attached hydrogen (secondary N) is 2. The molecular formula is C12H18ClN3O. The Morgan fingerprint density at radius 3 is 2.88 bits per heavy atom. The molecule has 1 aromatic rings. The van der Waals surface area contributed by atoms with Crippen LogP contribution in [0.25, 0.3) is 0 Å². The van der Waals surface area contributed by atoms with Gasteiger partial charge in [-0.3, -0.25) is 9.78 Å². The predicted molar refractivity (Wildman–Crippen MR) is 69.2 cm³/mol. The van der Waals surface area contributed by atoms with E-state index in [0.29, 0.717) is 6.54 Å². The minimum atomic E-state index is 0. The summed E-state index contributed by atoms with van der Waals surface area (Å²) in [5.41, 5.74) is 1.20. The van der Waals surface area contributed by atoms with Crippen LogP contribution in [0.2, 0.25) is 0 Å². The number of amides is 1. The molecule has 1 atom stereocenters. The Kier molecular flexibility index (Phi) is 5.94. The minimum absolute atomic E-state index is 0. The van der Waals surface area contributed by atoms with Crippen molar-refractivity contribution in [1.29, 1.82) is 0 Å². The van der Waals surface area contributed by atoms with E-state index in [4.69, 9.17) is 0 Å². The second-order valence-electron chi connectivity index (χ2n) is 4.05. The fourth-order valence-electron chi connectivity index (χ4n) is 1.91. The lowest BCUT2D eigenvalue weighted by Crippen LogP contribution is -2.41. The quantitative estimate of drug-likeness (QED) is 0.841. The second kappa shape index (κ2) is 7.25. The van der Waals surface area contributed by atoms with Crippen LogP contribution < -0.4 is 10.6 Å². The first-order valence-corrected chi connectivity index (χ1v) is 5.76. The van der Waals surface area contributed by atoms with Crippen LogP contribution in [-0.2, 0) is 11.2 Å². The number of hydrogen-bond acceptors (Lipinski definition) is 3. The lowest BCUT2D eigenvalue weighted by Gasteiger charge is -2.10. The van der Waals surface area contributed by atoms with Crippen LogP contribution in [0, 0.1) is 0 Å². The summed E-state index contributed by atoms with van der Waals surface area (Å²) in [6, 6.07) is 3.97. The summed E-state index contributed by atoms with van der Waals surface area (Å²) in [4.78, 5) is 15.6. The van der Waals surface area contributed by atoms with Gasteiger partial charge in [0.2, 0.25) is 5.91 Å². The van der Waals surface area contributed by atoms with Crippen molar-refractivity contribution in [2.75, 3.05) is 13.1 Å². The molecule has 1 aliphatic rings. The lowest BCUT2D eigenvalue weighted by molar-refractivity contribution is -0.122. The molecule has 2 rings (SSSR count). The van der Waals surface area contributed by atoms with Gasteiger partial charge < -0.3 is 10.6 Å². The van der Waals surface area contributed by atoms with Gasteiger partial charge in [0, 0.05) is 18.9 Å². The van der Waals surface area contributed by atoms with E-state index in [1.165, 1.54) is 5.56 Å². The molecule has 0 aromatic carbocycles. The van der Waals surface area contributed by atoms with Crippen LogP contribution in [0.1, 0.15) is 18.4 Å². The number of pyridine rings is 1. The average molecular weight is 256 g/mol. The summed E-state index contributed by atoms with van der Waals surface area (Å²) < 4.78 is 0. The van der Waals surface area contributed by atoms with Crippen molar-refractivity contribution >= 4 is 18.3 Å². The van der Waals surface area contributed by atoms with E-state index in [1.54, 1.807) is 12.4 Å². The highest BCUT2D eigenvalue weighted by atomic mass is 35.5. The molecule has 1 amide bonds. The maximum atomic E-state index is 11.6. The molecule has 17 heavy (non-hydrogen) atoms. The highest BCUT2D eigenvalue weighted by molar-refractivity contribution is 5.85. The maximum Gasteiger partial charge on any atom is 0.237 e. The van der Waals surface area contributed by atoms with Crippen molar-refractivity contribution < 1.29 is 4.79 Å². The van der Waals surface area contributed by atoms with E-state index in [-0.39, 0.29) is 24.4 Å². The van der Waals surface area contributed by atoms with E-state index < -0.39 is 0 Å². The summed E-state index contributed by atoms with van der Waals surface area (Å²) in [6.07, 6.45) is 6.47. The predicted octanol–water partition coefficient (Wildman–Crippen LogP) is 0.914. The van der Waals surface area contributed by atoms with Crippen molar-refractivity contribution in [3.05, 3.63) is 30.1 Å². The highest BCUT2D eigenvalue weighted by Gasteiger charge is 2.20. The zero-order chi connectivity index (χ0) is 11.2. The lowest BCUT2D eigenvalue weighted by atomic mass is 10.2. The van der Waals surface area contributed by atoms with Gasteiger partial charge in [-0.2, -0.15) is 0 Å².